The summed E-state index contributed by atoms with van der Waals surface area (Å²) in [6, 6.07) is 17.1. The van der Waals surface area contributed by atoms with E-state index in [4.69, 9.17) is 10.5 Å². The third-order valence-electron chi connectivity index (χ3n) is 3.80. The predicted molar refractivity (Wildman–Crippen MR) is 84.6 cm³/mol. The lowest BCUT2D eigenvalue weighted by Crippen LogP contribution is -2.40. The number of amides is 1. The average molecular weight is 295 g/mol. The third kappa shape index (κ3) is 2.41. The Bertz CT molecular complexity index is 710. The summed E-state index contributed by atoms with van der Waals surface area (Å²) in [7, 11) is 1.62. The second-order valence-corrected chi connectivity index (χ2v) is 5.20. The molecule has 112 valence electrons. The van der Waals surface area contributed by atoms with Gasteiger partial charge in [-0.2, -0.15) is 0 Å². The monoisotopic (exact) mass is 295 g/mol. The van der Waals surface area contributed by atoms with E-state index in [1.54, 1.807) is 7.11 Å². The maximum Gasteiger partial charge on any atom is 0.259 e. The predicted octanol–water partition coefficient (Wildman–Crippen LogP) is 1.58. The first-order valence-corrected chi connectivity index (χ1v) is 6.99. The molecule has 1 heterocycles. The van der Waals surface area contributed by atoms with E-state index in [9.17, 15) is 4.79 Å². The highest BCUT2D eigenvalue weighted by Gasteiger charge is 2.44. The molecule has 2 aromatic carbocycles. The summed E-state index contributed by atoms with van der Waals surface area (Å²) >= 11 is 0. The van der Waals surface area contributed by atoms with Crippen molar-refractivity contribution in [2.75, 3.05) is 7.11 Å². The number of carbonyl (C=O) groups is 1. The highest BCUT2D eigenvalue weighted by molar-refractivity contribution is 6.07. The lowest BCUT2D eigenvalue weighted by molar-refractivity contribution is -0.124. The van der Waals surface area contributed by atoms with Crippen molar-refractivity contribution in [1.82, 2.24) is 5.32 Å². The van der Waals surface area contributed by atoms with Crippen molar-refractivity contribution in [1.29, 1.82) is 0 Å². The molecule has 0 saturated carbocycles. The Morgan fingerprint density at radius 2 is 1.82 bits per heavy atom. The second-order valence-electron chi connectivity index (χ2n) is 5.20. The Morgan fingerprint density at radius 3 is 2.36 bits per heavy atom. The van der Waals surface area contributed by atoms with Gasteiger partial charge in [0.2, 0.25) is 0 Å². The molecule has 1 atom stereocenters. The molecular weight excluding hydrogens is 278 g/mol. The molecule has 22 heavy (non-hydrogen) atoms. The summed E-state index contributed by atoms with van der Waals surface area (Å²) in [5.74, 6) is 0.728. The van der Waals surface area contributed by atoms with Crippen molar-refractivity contribution in [2.24, 2.45) is 10.7 Å². The topological polar surface area (TPSA) is 76.7 Å². The van der Waals surface area contributed by atoms with Gasteiger partial charge >= 0.3 is 0 Å². The van der Waals surface area contributed by atoms with Gasteiger partial charge in [0.1, 0.15) is 5.75 Å². The Kier molecular flexibility index (Phi) is 3.55. The number of rotatable bonds is 4. The van der Waals surface area contributed by atoms with Crippen LogP contribution >= 0.6 is 0 Å². The first kappa shape index (κ1) is 14.1. The Hall–Kier alpha value is -2.82. The molecule has 0 fully saturated rings. The zero-order valence-electron chi connectivity index (χ0n) is 12.2. The number of nitrogens with one attached hydrogen (secondary N) is 1. The van der Waals surface area contributed by atoms with Gasteiger partial charge in [0.05, 0.1) is 7.11 Å². The minimum absolute atomic E-state index is 0.155. The van der Waals surface area contributed by atoms with Crippen LogP contribution in [0.4, 0.5) is 0 Å². The average Bonchev–Trinajstić information content (AvgIpc) is 2.84. The van der Waals surface area contributed by atoms with Crippen LogP contribution < -0.4 is 15.8 Å². The van der Waals surface area contributed by atoms with Crippen LogP contribution in [0.5, 0.6) is 5.75 Å². The molecule has 1 amide bonds. The Balaban J connectivity index is 2.01. The number of nitrogens with zero attached hydrogens (tertiary/aromatic N) is 1. The lowest BCUT2D eigenvalue weighted by Gasteiger charge is -2.24. The van der Waals surface area contributed by atoms with Crippen molar-refractivity contribution in [3.63, 3.8) is 0 Å². The summed E-state index contributed by atoms with van der Waals surface area (Å²) < 4.78 is 5.16. The molecule has 1 aliphatic heterocycles. The summed E-state index contributed by atoms with van der Waals surface area (Å²) in [6.07, 6.45) is 0.438. The van der Waals surface area contributed by atoms with Crippen molar-refractivity contribution < 1.29 is 9.53 Å². The van der Waals surface area contributed by atoms with Crippen LogP contribution in [0.25, 0.3) is 0 Å². The van der Waals surface area contributed by atoms with E-state index < -0.39 is 5.54 Å². The molecule has 3 N–H and O–H groups in total. The molecular formula is C17H17N3O2. The molecule has 1 aliphatic rings. The summed E-state index contributed by atoms with van der Waals surface area (Å²) in [5, 5.41) is 2.61. The number of ether oxygens (including phenoxy) is 1. The Morgan fingerprint density at radius 1 is 1.14 bits per heavy atom. The molecule has 2 aromatic rings. The normalized spacial score (nSPS) is 20.4. The van der Waals surface area contributed by atoms with Crippen molar-refractivity contribution in [3.05, 3.63) is 65.7 Å². The van der Waals surface area contributed by atoms with Crippen LogP contribution in [0.3, 0.4) is 0 Å². The molecule has 5 nitrogen and oxygen atoms in total. The largest absolute Gasteiger partial charge is 0.497 e. The van der Waals surface area contributed by atoms with Crippen molar-refractivity contribution >= 4 is 11.9 Å². The van der Waals surface area contributed by atoms with E-state index in [0.29, 0.717) is 6.42 Å². The van der Waals surface area contributed by atoms with E-state index in [2.05, 4.69) is 10.3 Å². The molecule has 0 saturated heterocycles. The zero-order valence-corrected chi connectivity index (χ0v) is 12.2. The molecule has 0 spiro atoms. The highest BCUT2D eigenvalue weighted by atomic mass is 16.5. The van der Waals surface area contributed by atoms with Crippen LogP contribution in [0.15, 0.2) is 59.6 Å². The minimum atomic E-state index is -1.01. The van der Waals surface area contributed by atoms with Crippen LogP contribution in [-0.4, -0.2) is 19.0 Å². The maximum atomic E-state index is 12.5. The van der Waals surface area contributed by atoms with Gasteiger partial charge in [0.25, 0.3) is 5.91 Å². The van der Waals surface area contributed by atoms with Gasteiger partial charge in [-0.3, -0.25) is 10.1 Å². The van der Waals surface area contributed by atoms with E-state index in [-0.39, 0.29) is 11.9 Å². The fourth-order valence-electron chi connectivity index (χ4n) is 2.67. The van der Waals surface area contributed by atoms with Crippen LogP contribution in [0.2, 0.25) is 0 Å². The number of hydrogen-bond acceptors (Lipinski definition) is 4. The lowest BCUT2D eigenvalue weighted by atomic mass is 9.84. The van der Waals surface area contributed by atoms with Gasteiger partial charge in [-0.05, 0) is 23.3 Å². The molecule has 0 radical (unpaired) electrons. The molecule has 0 unspecified atom stereocenters. The van der Waals surface area contributed by atoms with Crippen LogP contribution in [0, 0.1) is 0 Å². The first-order chi connectivity index (χ1) is 10.6. The van der Waals surface area contributed by atoms with Gasteiger partial charge in [0, 0.05) is 6.42 Å². The Labute approximate surface area is 128 Å². The van der Waals surface area contributed by atoms with E-state index in [1.807, 2.05) is 54.6 Å². The fourth-order valence-corrected chi connectivity index (χ4v) is 2.67. The fraction of sp³-hybridized carbons (Fsp3) is 0.176. The van der Waals surface area contributed by atoms with Crippen molar-refractivity contribution in [2.45, 2.75) is 12.0 Å². The summed E-state index contributed by atoms with van der Waals surface area (Å²) in [5.41, 5.74) is 6.53. The molecule has 3 rings (SSSR count). The smallest absolute Gasteiger partial charge is 0.259 e. The summed E-state index contributed by atoms with van der Waals surface area (Å²) in [6.45, 7) is 0. The number of carbonyl (C=O) groups excluding carboxylic acids is 1. The van der Waals surface area contributed by atoms with E-state index in [1.165, 1.54) is 0 Å². The molecule has 5 heteroatoms. The van der Waals surface area contributed by atoms with Gasteiger partial charge < -0.3 is 10.5 Å². The number of methoxy groups -OCH3 is 1. The van der Waals surface area contributed by atoms with Gasteiger partial charge in [-0.15, -0.1) is 0 Å². The van der Waals surface area contributed by atoms with Gasteiger partial charge in [0.15, 0.2) is 11.5 Å². The molecule has 0 bridgehead atoms. The first-order valence-electron chi connectivity index (χ1n) is 6.99. The van der Waals surface area contributed by atoms with Gasteiger partial charge in [-0.1, -0.05) is 42.5 Å². The quantitative estimate of drug-likeness (QED) is 0.899. The van der Waals surface area contributed by atoms with Gasteiger partial charge in [-0.25, -0.2) is 4.99 Å². The third-order valence-corrected chi connectivity index (χ3v) is 3.80. The second kappa shape index (κ2) is 5.52. The number of guanidine groups is 1. The molecule has 0 aliphatic carbocycles. The minimum Gasteiger partial charge on any atom is -0.497 e. The van der Waals surface area contributed by atoms with Crippen LogP contribution in [0.1, 0.15) is 11.1 Å². The van der Waals surface area contributed by atoms with Crippen molar-refractivity contribution in [3.8, 4) is 5.75 Å². The number of hydrogen-bond donors (Lipinski definition) is 2. The summed E-state index contributed by atoms with van der Waals surface area (Å²) in [4.78, 5) is 16.9. The van der Waals surface area contributed by atoms with E-state index in [0.717, 1.165) is 16.9 Å². The standard InChI is InChI=1S/C17H17N3O2/c1-22-14-9-7-12(8-10-14)11-17(13-5-3-2-4-6-13)15(21)19-16(18)20-17/h2-10H,11H2,1H3,(H3,18,19,20,21)/t17-/m0/s1. The highest BCUT2D eigenvalue weighted by Crippen LogP contribution is 2.33. The van der Waals surface area contributed by atoms with Crippen LogP contribution in [-0.2, 0) is 16.8 Å². The molecule has 0 aromatic heterocycles. The van der Waals surface area contributed by atoms with E-state index >= 15 is 0 Å². The number of nitrogens with two attached hydrogens (primary N) is 1. The SMILES string of the molecule is COc1ccc(C[C@@]2(c3ccccc3)N=C(N)NC2=O)cc1. The number of benzene rings is 2. The number of aliphatic imine (C=N–C) groups is 1. The zero-order chi connectivity index (χ0) is 15.6. The maximum absolute atomic E-state index is 12.5.